The second kappa shape index (κ2) is 9.43. The van der Waals surface area contributed by atoms with Crippen molar-refractivity contribution in [2.45, 2.75) is 13.8 Å². The smallest absolute Gasteiger partial charge is 0.345 e. The quantitative estimate of drug-likeness (QED) is 0.168. The molecular weight excluding hydrogens is 474 g/mol. The molecule has 0 aliphatic carbocycles. The summed E-state index contributed by atoms with van der Waals surface area (Å²) >= 11 is 2.29. The van der Waals surface area contributed by atoms with E-state index in [4.69, 9.17) is 9.15 Å². The molecule has 170 valence electrons. The summed E-state index contributed by atoms with van der Waals surface area (Å²) in [6.45, 7) is 3.09. The number of carbonyl (C=O) groups is 2. The van der Waals surface area contributed by atoms with Gasteiger partial charge in [-0.05, 0) is 31.5 Å². The molecule has 0 saturated carbocycles. The van der Waals surface area contributed by atoms with Crippen molar-refractivity contribution in [3.05, 3.63) is 73.3 Å². The van der Waals surface area contributed by atoms with Gasteiger partial charge in [0.15, 0.2) is 5.78 Å². The zero-order chi connectivity index (χ0) is 24.4. The van der Waals surface area contributed by atoms with E-state index in [1.165, 1.54) is 31.6 Å². The van der Waals surface area contributed by atoms with Crippen LogP contribution in [0.15, 0.2) is 51.1 Å². The van der Waals surface area contributed by atoms with Gasteiger partial charge >= 0.3 is 11.6 Å². The molecule has 10 heteroatoms. The van der Waals surface area contributed by atoms with E-state index >= 15 is 0 Å². The summed E-state index contributed by atoms with van der Waals surface area (Å²) in [5.41, 5.74) is 1.57. The Morgan fingerprint density at radius 2 is 2.06 bits per heavy atom. The van der Waals surface area contributed by atoms with Gasteiger partial charge in [-0.2, -0.15) is 5.26 Å². The van der Waals surface area contributed by atoms with Gasteiger partial charge in [0.1, 0.15) is 27.2 Å². The molecule has 4 rings (SSSR count). The molecule has 0 saturated heterocycles. The number of hydrogen-bond acceptors (Lipinski definition) is 10. The van der Waals surface area contributed by atoms with E-state index in [1.807, 2.05) is 12.1 Å². The normalized spacial score (nSPS) is 11.3. The molecule has 3 heterocycles. The first-order chi connectivity index (χ1) is 16.3. The number of thiazole rings is 1. The number of nitrogens with one attached hydrogen (secondary N) is 1. The first-order valence-electron chi connectivity index (χ1n) is 9.92. The summed E-state index contributed by atoms with van der Waals surface area (Å²) in [6, 6.07) is 10.9. The summed E-state index contributed by atoms with van der Waals surface area (Å²) in [6.07, 6.45) is 1.41. The molecule has 0 unspecified atom stereocenters. The standard InChI is InChI=1S/C24H17N3O5S2/c1-12-19(24(30)31-3)22(34-20(12)13(2)28)26-10-15(9-25)21-27-17(11-33-21)16-8-14-6-4-5-7-18(14)32-23(16)29/h4-8,10-11,26H,1-3H3/b15-10-. The number of allylic oxidation sites excluding steroid dienone is 1. The molecule has 0 aliphatic rings. The van der Waals surface area contributed by atoms with E-state index in [1.54, 1.807) is 30.5 Å². The first kappa shape index (κ1) is 23.1. The molecule has 8 nitrogen and oxygen atoms in total. The number of ether oxygens (including phenoxy) is 1. The van der Waals surface area contributed by atoms with Crippen molar-refractivity contribution in [3.8, 4) is 17.3 Å². The molecule has 0 atom stereocenters. The first-order valence-corrected chi connectivity index (χ1v) is 11.6. The monoisotopic (exact) mass is 491 g/mol. The SMILES string of the molecule is COC(=O)c1c(N/C=C(/C#N)c2nc(-c3cc4ccccc4oc3=O)cs2)sc(C(C)=O)c1C. The van der Waals surface area contributed by atoms with Gasteiger partial charge in [-0.15, -0.1) is 22.7 Å². The predicted molar refractivity (Wildman–Crippen MR) is 131 cm³/mol. The number of anilines is 1. The largest absolute Gasteiger partial charge is 0.465 e. The number of rotatable bonds is 6. The molecule has 0 amide bonds. The van der Waals surface area contributed by atoms with Crippen LogP contribution in [0.2, 0.25) is 0 Å². The van der Waals surface area contributed by atoms with Crippen molar-refractivity contribution in [3.63, 3.8) is 0 Å². The lowest BCUT2D eigenvalue weighted by molar-refractivity contribution is 0.0601. The molecule has 0 fully saturated rings. The van der Waals surface area contributed by atoms with Crippen LogP contribution in [0.3, 0.4) is 0 Å². The highest BCUT2D eigenvalue weighted by Crippen LogP contribution is 2.34. The fourth-order valence-corrected chi connectivity index (χ4v) is 5.18. The number of ketones is 1. The summed E-state index contributed by atoms with van der Waals surface area (Å²) < 4.78 is 10.2. The van der Waals surface area contributed by atoms with Gasteiger partial charge in [0.2, 0.25) is 0 Å². The van der Waals surface area contributed by atoms with Gasteiger partial charge in [0.25, 0.3) is 0 Å². The summed E-state index contributed by atoms with van der Waals surface area (Å²) in [7, 11) is 1.26. The van der Waals surface area contributed by atoms with Crippen LogP contribution in [-0.2, 0) is 4.74 Å². The molecule has 1 aromatic carbocycles. The summed E-state index contributed by atoms with van der Waals surface area (Å²) in [5.74, 6) is -0.765. The minimum Gasteiger partial charge on any atom is -0.465 e. The average Bonchev–Trinajstić information content (AvgIpc) is 3.43. The highest BCUT2D eigenvalue weighted by Gasteiger charge is 2.23. The van der Waals surface area contributed by atoms with Crippen LogP contribution in [0.1, 0.15) is 37.5 Å². The maximum Gasteiger partial charge on any atom is 0.345 e. The number of methoxy groups -OCH3 is 1. The number of aromatic nitrogens is 1. The van der Waals surface area contributed by atoms with Crippen LogP contribution in [0, 0.1) is 18.3 Å². The Morgan fingerprint density at radius 3 is 2.76 bits per heavy atom. The van der Waals surface area contributed by atoms with Crippen LogP contribution in [0.25, 0.3) is 27.8 Å². The average molecular weight is 492 g/mol. The number of thiophene rings is 1. The van der Waals surface area contributed by atoms with E-state index < -0.39 is 11.6 Å². The third-order valence-corrected chi connectivity index (χ3v) is 7.18. The predicted octanol–water partition coefficient (Wildman–Crippen LogP) is 5.25. The second-order valence-electron chi connectivity index (χ2n) is 7.15. The van der Waals surface area contributed by atoms with Crippen LogP contribution in [0.5, 0.6) is 0 Å². The van der Waals surface area contributed by atoms with Crippen molar-refractivity contribution < 1.29 is 18.7 Å². The number of esters is 1. The minimum absolute atomic E-state index is 0.177. The Hall–Kier alpha value is -4.07. The number of nitriles is 1. The molecule has 0 bridgehead atoms. The van der Waals surface area contributed by atoms with Gasteiger partial charge < -0.3 is 14.5 Å². The molecule has 0 spiro atoms. The number of Topliss-reactive ketones (excluding diaryl/α,β-unsaturated/α-hetero) is 1. The van der Waals surface area contributed by atoms with E-state index in [0.717, 1.165) is 16.7 Å². The van der Waals surface area contributed by atoms with Crippen molar-refractivity contribution in [2.75, 3.05) is 12.4 Å². The Kier molecular flexibility index (Phi) is 6.40. The van der Waals surface area contributed by atoms with Crippen molar-refractivity contribution >= 4 is 56.0 Å². The van der Waals surface area contributed by atoms with E-state index in [-0.39, 0.29) is 16.9 Å². The number of nitrogens with zero attached hydrogens (tertiary/aromatic N) is 2. The lowest BCUT2D eigenvalue weighted by atomic mass is 10.1. The lowest BCUT2D eigenvalue weighted by Crippen LogP contribution is -2.05. The molecule has 4 aromatic rings. The van der Waals surface area contributed by atoms with Crippen LogP contribution in [0.4, 0.5) is 5.00 Å². The third-order valence-electron chi connectivity index (χ3n) is 4.98. The number of fused-ring (bicyclic) bond motifs is 1. The van der Waals surface area contributed by atoms with Gasteiger partial charge in [-0.1, -0.05) is 18.2 Å². The van der Waals surface area contributed by atoms with Crippen molar-refractivity contribution in [1.82, 2.24) is 4.98 Å². The number of para-hydroxylation sites is 1. The topological polar surface area (TPSA) is 122 Å². The molecule has 1 N–H and O–H groups in total. The summed E-state index contributed by atoms with van der Waals surface area (Å²) in [5, 5.41) is 15.8. The van der Waals surface area contributed by atoms with E-state index in [2.05, 4.69) is 16.4 Å². The van der Waals surface area contributed by atoms with Crippen LogP contribution < -0.4 is 10.9 Å². The zero-order valence-corrected chi connectivity index (χ0v) is 19.9. The van der Waals surface area contributed by atoms with Gasteiger partial charge in [0.05, 0.1) is 28.8 Å². The molecular formula is C24H17N3O5S2. The fourth-order valence-electron chi connectivity index (χ4n) is 3.34. The Labute approximate surface area is 201 Å². The van der Waals surface area contributed by atoms with E-state index in [0.29, 0.717) is 37.3 Å². The maximum absolute atomic E-state index is 12.4. The summed E-state index contributed by atoms with van der Waals surface area (Å²) in [4.78, 5) is 41.5. The number of benzene rings is 1. The highest BCUT2D eigenvalue weighted by molar-refractivity contribution is 7.18. The van der Waals surface area contributed by atoms with Crippen molar-refractivity contribution in [1.29, 1.82) is 5.26 Å². The molecule has 3 aromatic heterocycles. The highest BCUT2D eigenvalue weighted by atomic mass is 32.1. The zero-order valence-electron chi connectivity index (χ0n) is 18.3. The lowest BCUT2D eigenvalue weighted by Gasteiger charge is -2.03. The molecule has 34 heavy (non-hydrogen) atoms. The Morgan fingerprint density at radius 1 is 1.29 bits per heavy atom. The fraction of sp³-hybridized carbons (Fsp3) is 0.125. The van der Waals surface area contributed by atoms with Crippen LogP contribution >= 0.6 is 22.7 Å². The number of hydrogen-bond donors (Lipinski definition) is 1. The molecule has 0 aliphatic heterocycles. The molecule has 0 radical (unpaired) electrons. The Bertz CT molecular complexity index is 1570. The maximum atomic E-state index is 12.4. The van der Waals surface area contributed by atoms with Gasteiger partial charge in [-0.3, -0.25) is 4.79 Å². The van der Waals surface area contributed by atoms with E-state index in [9.17, 15) is 19.6 Å². The van der Waals surface area contributed by atoms with Crippen molar-refractivity contribution in [2.24, 2.45) is 0 Å². The number of carbonyl (C=O) groups excluding carboxylic acids is 2. The van der Waals surface area contributed by atoms with Crippen LogP contribution in [-0.4, -0.2) is 23.8 Å². The Balaban J connectivity index is 1.69. The van der Waals surface area contributed by atoms with Gasteiger partial charge in [-0.25, -0.2) is 14.6 Å². The van der Waals surface area contributed by atoms with Gasteiger partial charge in [0, 0.05) is 17.0 Å². The minimum atomic E-state index is -0.588. The second-order valence-corrected chi connectivity index (χ2v) is 9.02. The third kappa shape index (κ3) is 4.26.